The smallest absolute Gasteiger partial charge is 0.295 e. The highest BCUT2D eigenvalue weighted by atomic mass is 16.6. The van der Waals surface area contributed by atoms with E-state index >= 15 is 0 Å². The van der Waals surface area contributed by atoms with E-state index in [0.717, 1.165) is 5.56 Å². The molecule has 1 atom stereocenters. The Morgan fingerprint density at radius 1 is 1.14 bits per heavy atom. The second kappa shape index (κ2) is 8.24. The summed E-state index contributed by atoms with van der Waals surface area (Å²) in [5.41, 5.74) is 1.71. The van der Waals surface area contributed by atoms with Gasteiger partial charge in [0, 0.05) is 31.4 Å². The molecule has 0 radical (unpaired) electrons. The number of rotatable bonds is 6. The summed E-state index contributed by atoms with van der Waals surface area (Å²) >= 11 is 0. The van der Waals surface area contributed by atoms with Crippen molar-refractivity contribution in [2.75, 3.05) is 20.3 Å². The number of non-ortho nitro benzene ring substituents is 1. The van der Waals surface area contributed by atoms with Gasteiger partial charge < -0.3 is 14.7 Å². The first-order valence-corrected chi connectivity index (χ1v) is 8.94. The molecule has 0 aliphatic carbocycles. The van der Waals surface area contributed by atoms with Crippen molar-refractivity contribution in [3.8, 4) is 0 Å². The van der Waals surface area contributed by atoms with Crippen molar-refractivity contribution in [3.63, 3.8) is 0 Å². The highest BCUT2D eigenvalue weighted by molar-refractivity contribution is 6.46. The molecule has 1 aliphatic rings. The van der Waals surface area contributed by atoms with Crippen LogP contribution in [0.3, 0.4) is 0 Å². The lowest BCUT2D eigenvalue weighted by Crippen LogP contribution is -2.32. The maximum Gasteiger partial charge on any atom is 0.295 e. The number of likely N-dealkylation sites (tertiary alicyclic amines) is 1. The van der Waals surface area contributed by atoms with Crippen LogP contribution in [0.5, 0.6) is 0 Å². The molecule has 1 heterocycles. The molecule has 0 bridgehead atoms. The zero-order valence-corrected chi connectivity index (χ0v) is 16.0. The van der Waals surface area contributed by atoms with Gasteiger partial charge in [-0.25, -0.2) is 0 Å². The molecule has 8 heteroatoms. The second-order valence-corrected chi connectivity index (χ2v) is 6.70. The number of ether oxygens (including phenoxy) is 1. The van der Waals surface area contributed by atoms with E-state index in [-0.39, 0.29) is 30.2 Å². The minimum Gasteiger partial charge on any atom is -0.507 e. The Kier molecular flexibility index (Phi) is 5.74. The maximum atomic E-state index is 12.8. The Morgan fingerprint density at radius 3 is 2.31 bits per heavy atom. The van der Waals surface area contributed by atoms with Gasteiger partial charge in [0.05, 0.1) is 23.1 Å². The Balaban J connectivity index is 2.14. The number of aliphatic hydroxyl groups excluding tert-OH is 1. The molecule has 29 heavy (non-hydrogen) atoms. The number of nitrogens with zero attached hydrogens (tertiary/aromatic N) is 2. The van der Waals surface area contributed by atoms with Crippen LogP contribution < -0.4 is 0 Å². The van der Waals surface area contributed by atoms with Crippen molar-refractivity contribution >= 4 is 23.1 Å². The van der Waals surface area contributed by atoms with Crippen molar-refractivity contribution in [2.45, 2.75) is 13.0 Å². The first-order chi connectivity index (χ1) is 13.8. The van der Waals surface area contributed by atoms with Crippen molar-refractivity contribution in [1.29, 1.82) is 0 Å². The lowest BCUT2D eigenvalue weighted by molar-refractivity contribution is -0.384. The van der Waals surface area contributed by atoms with Gasteiger partial charge in [-0.15, -0.1) is 0 Å². The number of carbonyl (C=O) groups excluding carboxylic acids is 2. The summed E-state index contributed by atoms with van der Waals surface area (Å²) in [5.74, 6) is -1.84. The minimum atomic E-state index is -0.868. The molecule has 1 fully saturated rings. The van der Waals surface area contributed by atoms with Crippen LogP contribution >= 0.6 is 0 Å². The summed E-state index contributed by atoms with van der Waals surface area (Å²) in [7, 11) is 1.48. The molecule has 3 rings (SSSR count). The number of amides is 1. The molecule has 150 valence electrons. The molecule has 0 unspecified atom stereocenters. The summed E-state index contributed by atoms with van der Waals surface area (Å²) in [5, 5.41) is 21.8. The lowest BCUT2D eigenvalue weighted by Gasteiger charge is -2.25. The minimum absolute atomic E-state index is 0.0520. The summed E-state index contributed by atoms with van der Waals surface area (Å²) in [6.07, 6.45) is 0. The predicted octanol–water partition coefficient (Wildman–Crippen LogP) is 2.97. The second-order valence-electron chi connectivity index (χ2n) is 6.70. The molecule has 0 saturated carbocycles. The zero-order chi connectivity index (χ0) is 21.1. The SMILES string of the molecule is COCCN1C(=O)C(=O)C(=C(O)c2ccc(C)cc2)[C@@H]1c1ccc([N+](=O)[O-])cc1. The third kappa shape index (κ3) is 3.88. The molecular formula is C21H20N2O6. The predicted molar refractivity (Wildman–Crippen MR) is 105 cm³/mol. The van der Waals surface area contributed by atoms with Crippen molar-refractivity contribution in [3.05, 3.63) is 80.9 Å². The number of methoxy groups -OCH3 is 1. The van der Waals surface area contributed by atoms with Gasteiger partial charge in [-0.1, -0.05) is 29.8 Å². The Hall–Kier alpha value is -3.52. The van der Waals surface area contributed by atoms with Crippen LogP contribution in [-0.4, -0.2) is 46.9 Å². The molecule has 0 spiro atoms. The van der Waals surface area contributed by atoms with Gasteiger partial charge in [0.1, 0.15) is 5.76 Å². The van der Waals surface area contributed by atoms with E-state index in [9.17, 15) is 24.8 Å². The number of aryl methyl sites for hydroxylation is 1. The number of hydrogen-bond acceptors (Lipinski definition) is 6. The van der Waals surface area contributed by atoms with E-state index in [1.54, 1.807) is 24.3 Å². The first-order valence-electron chi connectivity index (χ1n) is 8.94. The van der Waals surface area contributed by atoms with E-state index in [4.69, 9.17) is 4.74 Å². The van der Waals surface area contributed by atoms with Gasteiger partial charge in [0.15, 0.2) is 0 Å². The lowest BCUT2D eigenvalue weighted by atomic mass is 9.95. The molecule has 0 aromatic heterocycles. The largest absolute Gasteiger partial charge is 0.507 e. The Morgan fingerprint density at radius 2 is 1.76 bits per heavy atom. The van der Waals surface area contributed by atoms with Crippen LogP contribution in [0.4, 0.5) is 5.69 Å². The van der Waals surface area contributed by atoms with Gasteiger partial charge in [0.25, 0.3) is 17.4 Å². The number of carbonyl (C=O) groups is 2. The van der Waals surface area contributed by atoms with Gasteiger partial charge >= 0.3 is 0 Å². The van der Waals surface area contributed by atoms with E-state index in [0.29, 0.717) is 11.1 Å². The number of aliphatic hydroxyl groups is 1. The quantitative estimate of drug-likeness (QED) is 0.264. The monoisotopic (exact) mass is 396 g/mol. The normalized spacial score (nSPS) is 18.3. The summed E-state index contributed by atoms with van der Waals surface area (Å²) in [4.78, 5) is 37.1. The maximum absolute atomic E-state index is 12.8. The molecule has 1 aliphatic heterocycles. The van der Waals surface area contributed by atoms with E-state index in [2.05, 4.69) is 0 Å². The molecule has 2 aromatic rings. The molecule has 1 N–H and O–H groups in total. The molecule has 2 aromatic carbocycles. The number of benzene rings is 2. The van der Waals surface area contributed by atoms with Gasteiger partial charge in [-0.3, -0.25) is 19.7 Å². The van der Waals surface area contributed by atoms with Crippen molar-refractivity contribution in [1.82, 2.24) is 4.90 Å². The number of hydrogen-bond donors (Lipinski definition) is 1. The van der Waals surface area contributed by atoms with Crippen LogP contribution in [0.2, 0.25) is 0 Å². The molecule has 8 nitrogen and oxygen atoms in total. The van der Waals surface area contributed by atoms with Gasteiger partial charge in [-0.2, -0.15) is 0 Å². The topological polar surface area (TPSA) is 110 Å². The van der Waals surface area contributed by atoms with E-state index < -0.39 is 22.7 Å². The van der Waals surface area contributed by atoms with Crippen LogP contribution in [0.25, 0.3) is 5.76 Å². The number of nitro groups is 1. The fourth-order valence-electron chi connectivity index (χ4n) is 3.29. The number of nitro benzene ring substituents is 1. The first kappa shape index (κ1) is 20.2. The van der Waals surface area contributed by atoms with Gasteiger partial charge in [-0.05, 0) is 24.6 Å². The number of Topliss-reactive ketones (excluding diaryl/α,β-unsaturated/α-hetero) is 1. The van der Waals surface area contributed by atoms with Crippen LogP contribution in [0, 0.1) is 17.0 Å². The van der Waals surface area contributed by atoms with Crippen molar-refractivity contribution in [2.24, 2.45) is 0 Å². The van der Waals surface area contributed by atoms with Crippen LogP contribution in [0.1, 0.15) is 22.7 Å². The summed E-state index contributed by atoms with van der Waals surface area (Å²) in [6.45, 7) is 2.22. The summed E-state index contributed by atoms with van der Waals surface area (Å²) in [6, 6.07) is 11.6. The molecule has 1 saturated heterocycles. The standard InChI is InChI=1S/C21H20N2O6/c1-13-3-5-15(6-4-13)19(24)17-18(14-7-9-16(10-8-14)23(27)28)22(11-12-29-2)21(26)20(17)25/h3-10,18,24H,11-12H2,1-2H3/t18-/m0/s1. The van der Waals surface area contributed by atoms with Gasteiger partial charge in [0.2, 0.25) is 0 Å². The highest BCUT2D eigenvalue weighted by Crippen LogP contribution is 2.39. The van der Waals surface area contributed by atoms with Crippen LogP contribution in [0.15, 0.2) is 54.1 Å². The van der Waals surface area contributed by atoms with Crippen LogP contribution in [-0.2, 0) is 14.3 Å². The fraction of sp³-hybridized carbons (Fsp3) is 0.238. The fourth-order valence-corrected chi connectivity index (χ4v) is 3.29. The average Bonchev–Trinajstić information content (AvgIpc) is 2.97. The van der Waals surface area contributed by atoms with E-state index in [1.807, 2.05) is 6.92 Å². The Labute approximate surface area is 167 Å². The average molecular weight is 396 g/mol. The zero-order valence-electron chi connectivity index (χ0n) is 16.0. The summed E-state index contributed by atoms with van der Waals surface area (Å²) < 4.78 is 5.04. The third-order valence-corrected chi connectivity index (χ3v) is 4.82. The third-order valence-electron chi connectivity index (χ3n) is 4.82. The highest BCUT2D eigenvalue weighted by Gasteiger charge is 2.45. The van der Waals surface area contributed by atoms with E-state index in [1.165, 1.54) is 36.3 Å². The molecular weight excluding hydrogens is 376 g/mol. The number of ketones is 1. The molecule has 1 amide bonds. The Bertz CT molecular complexity index is 979. The van der Waals surface area contributed by atoms with Crippen molar-refractivity contribution < 1.29 is 24.4 Å².